The number of rotatable bonds is 5. The number of hydrogen-bond acceptors (Lipinski definition) is 3. The molecule has 0 spiro atoms. The summed E-state index contributed by atoms with van der Waals surface area (Å²) in [7, 11) is 0. The quantitative estimate of drug-likeness (QED) is 0.622. The zero-order valence-electron chi connectivity index (χ0n) is 13.5. The van der Waals surface area contributed by atoms with Gasteiger partial charge in [0.15, 0.2) is 11.6 Å². The van der Waals surface area contributed by atoms with Crippen LogP contribution in [0.1, 0.15) is 32.8 Å². The smallest absolute Gasteiger partial charge is 0.444 e. The van der Waals surface area contributed by atoms with Gasteiger partial charge < -0.3 is 14.8 Å². The van der Waals surface area contributed by atoms with Crippen LogP contribution >= 0.6 is 0 Å². The fourth-order valence-corrected chi connectivity index (χ4v) is 1.62. The summed E-state index contributed by atoms with van der Waals surface area (Å²) in [5.74, 6) is -1.99. The zero-order chi connectivity index (χ0) is 18.4. The Morgan fingerprint density at radius 1 is 1.25 bits per heavy atom. The number of benzene rings is 1. The van der Waals surface area contributed by atoms with Gasteiger partial charge >= 0.3 is 12.5 Å². The Labute approximate surface area is 137 Å². The average molecular weight is 349 g/mol. The second-order valence-corrected chi connectivity index (χ2v) is 5.86. The van der Waals surface area contributed by atoms with E-state index < -0.39 is 29.6 Å². The standard InChI is InChI=1S/C16H19F4NO3/c1-15(2,3)24-14(22)21-9-5-4-6-11-7-8-13(12(17)10-11)23-16(18,19)20/h4,6-8,10H,5,9H2,1-3H3,(H,21,22). The minimum atomic E-state index is -4.94. The highest BCUT2D eigenvalue weighted by atomic mass is 19.4. The molecule has 0 aliphatic carbocycles. The highest BCUT2D eigenvalue weighted by molar-refractivity contribution is 5.67. The number of alkyl halides is 3. The van der Waals surface area contributed by atoms with Crippen LogP contribution in [-0.2, 0) is 4.74 Å². The van der Waals surface area contributed by atoms with Gasteiger partial charge in [-0.1, -0.05) is 18.2 Å². The first-order valence-electron chi connectivity index (χ1n) is 7.15. The maximum Gasteiger partial charge on any atom is 0.573 e. The highest BCUT2D eigenvalue weighted by Crippen LogP contribution is 2.26. The lowest BCUT2D eigenvalue weighted by Crippen LogP contribution is -2.32. The molecule has 8 heteroatoms. The molecule has 1 rings (SSSR count). The van der Waals surface area contributed by atoms with Gasteiger partial charge in [-0.2, -0.15) is 0 Å². The van der Waals surface area contributed by atoms with Crippen LogP contribution in [0.2, 0.25) is 0 Å². The number of halogens is 4. The first-order valence-corrected chi connectivity index (χ1v) is 7.15. The van der Waals surface area contributed by atoms with Crippen molar-refractivity contribution >= 4 is 12.2 Å². The lowest BCUT2D eigenvalue weighted by Gasteiger charge is -2.19. The van der Waals surface area contributed by atoms with E-state index >= 15 is 0 Å². The van der Waals surface area contributed by atoms with Crippen molar-refractivity contribution in [3.8, 4) is 5.75 Å². The summed E-state index contributed by atoms with van der Waals surface area (Å²) >= 11 is 0. The summed E-state index contributed by atoms with van der Waals surface area (Å²) in [4.78, 5) is 11.4. The SMILES string of the molecule is CC(C)(C)OC(=O)NCCC=Cc1ccc(OC(F)(F)F)c(F)c1. The zero-order valence-corrected chi connectivity index (χ0v) is 13.5. The minimum absolute atomic E-state index is 0.309. The molecular formula is C16H19F4NO3. The van der Waals surface area contributed by atoms with Crippen LogP contribution in [0, 0.1) is 5.82 Å². The molecule has 0 heterocycles. The van der Waals surface area contributed by atoms with Gasteiger partial charge in [0.05, 0.1) is 0 Å². The van der Waals surface area contributed by atoms with Crippen LogP contribution in [0.3, 0.4) is 0 Å². The summed E-state index contributed by atoms with van der Waals surface area (Å²) in [6.45, 7) is 5.54. The fourth-order valence-electron chi connectivity index (χ4n) is 1.62. The fraction of sp³-hybridized carbons (Fsp3) is 0.438. The summed E-state index contributed by atoms with van der Waals surface area (Å²) in [5.41, 5.74) is -0.211. The van der Waals surface area contributed by atoms with Gasteiger partial charge in [0.2, 0.25) is 0 Å². The van der Waals surface area contributed by atoms with Crippen molar-refractivity contribution in [3.05, 3.63) is 35.7 Å². The van der Waals surface area contributed by atoms with Crippen LogP contribution in [0.25, 0.3) is 6.08 Å². The van der Waals surface area contributed by atoms with Crippen molar-refractivity contribution in [3.63, 3.8) is 0 Å². The maximum atomic E-state index is 13.5. The van der Waals surface area contributed by atoms with E-state index in [0.717, 1.165) is 12.1 Å². The molecule has 0 unspecified atom stereocenters. The van der Waals surface area contributed by atoms with Gasteiger partial charge in [0.25, 0.3) is 0 Å². The van der Waals surface area contributed by atoms with Gasteiger partial charge in [0.1, 0.15) is 5.60 Å². The summed E-state index contributed by atoms with van der Waals surface area (Å²) in [6.07, 6.45) is -1.86. The van der Waals surface area contributed by atoms with E-state index in [4.69, 9.17) is 4.74 Å². The lowest BCUT2D eigenvalue weighted by atomic mass is 10.2. The van der Waals surface area contributed by atoms with E-state index in [1.807, 2.05) is 0 Å². The largest absolute Gasteiger partial charge is 0.573 e. The van der Waals surface area contributed by atoms with Crippen molar-refractivity contribution in [2.24, 2.45) is 0 Å². The van der Waals surface area contributed by atoms with Gasteiger partial charge in [-0.15, -0.1) is 13.2 Å². The molecule has 134 valence electrons. The first kappa shape index (κ1) is 19.8. The Hall–Kier alpha value is -2.25. The van der Waals surface area contributed by atoms with Crippen molar-refractivity contribution in [1.82, 2.24) is 5.32 Å². The number of hydrogen-bond donors (Lipinski definition) is 1. The minimum Gasteiger partial charge on any atom is -0.444 e. The number of carbonyl (C=O) groups excluding carboxylic acids is 1. The molecule has 1 N–H and O–H groups in total. The molecule has 0 saturated heterocycles. The molecule has 0 bridgehead atoms. The summed E-state index contributed by atoms with van der Waals surface area (Å²) < 4.78 is 58.2. The van der Waals surface area contributed by atoms with Crippen molar-refractivity contribution in [2.45, 2.75) is 39.2 Å². The van der Waals surface area contributed by atoms with E-state index in [1.54, 1.807) is 26.8 Å². The normalized spacial score (nSPS) is 12.3. The predicted molar refractivity (Wildman–Crippen MR) is 81.0 cm³/mol. The number of alkyl carbamates (subject to hydrolysis) is 1. The molecule has 1 aromatic rings. The Balaban J connectivity index is 2.45. The Morgan fingerprint density at radius 2 is 1.92 bits per heavy atom. The van der Waals surface area contributed by atoms with E-state index in [0.29, 0.717) is 18.5 Å². The number of nitrogens with one attached hydrogen (secondary N) is 1. The molecule has 0 atom stereocenters. The number of carbonyl (C=O) groups is 1. The molecule has 4 nitrogen and oxygen atoms in total. The average Bonchev–Trinajstić information content (AvgIpc) is 2.38. The van der Waals surface area contributed by atoms with E-state index in [9.17, 15) is 22.4 Å². The number of amides is 1. The second kappa shape index (κ2) is 8.03. The Morgan fingerprint density at radius 3 is 2.46 bits per heavy atom. The second-order valence-electron chi connectivity index (χ2n) is 5.86. The highest BCUT2D eigenvalue weighted by Gasteiger charge is 2.32. The van der Waals surface area contributed by atoms with E-state index in [1.165, 1.54) is 12.1 Å². The summed E-state index contributed by atoms with van der Waals surface area (Å²) in [6, 6.07) is 3.13. The molecule has 0 fully saturated rings. The maximum absolute atomic E-state index is 13.5. The topological polar surface area (TPSA) is 47.6 Å². The third-order valence-electron chi connectivity index (χ3n) is 2.47. The van der Waals surface area contributed by atoms with Gasteiger partial charge in [-0.25, -0.2) is 9.18 Å². The molecule has 0 aliphatic rings. The summed E-state index contributed by atoms with van der Waals surface area (Å²) in [5, 5.41) is 2.54. The molecule has 1 aromatic carbocycles. The van der Waals surface area contributed by atoms with Crippen LogP contribution in [-0.4, -0.2) is 24.6 Å². The van der Waals surface area contributed by atoms with Crippen molar-refractivity contribution in [1.29, 1.82) is 0 Å². The first-order chi connectivity index (χ1) is 11.0. The molecule has 0 aliphatic heterocycles. The van der Waals surface area contributed by atoms with Gasteiger partial charge in [-0.3, -0.25) is 0 Å². The number of ether oxygens (including phenoxy) is 2. The molecule has 1 amide bonds. The molecule has 24 heavy (non-hydrogen) atoms. The monoisotopic (exact) mass is 349 g/mol. The van der Waals surface area contributed by atoms with Crippen LogP contribution < -0.4 is 10.1 Å². The lowest BCUT2D eigenvalue weighted by molar-refractivity contribution is -0.275. The third-order valence-corrected chi connectivity index (χ3v) is 2.47. The Bertz CT molecular complexity index is 592. The molecule has 0 saturated carbocycles. The van der Waals surface area contributed by atoms with Crippen LogP contribution in [0.5, 0.6) is 5.75 Å². The van der Waals surface area contributed by atoms with E-state index in [2.05, 4.69) is 10.1 Å². The van der Waals surface area contributed by atoms with Gasteiger partial charge in [-0.05, 0) is 44.9 Å². The van der Waals surface area contributed by atoms with Crippen LogP contribution in [0.4, 0.5) is 22.4 Å². The van der Waals surface area contributed by atoms with Gasteiger partial charge in [0, 0.05) is 6.54 Å². The predicted octanol–water partition coefficient (Wildman–Crippen LogP) is 4.65. The van der Waals surface area contributed by atoms with Crippen molar-refractivity contribution < 1.29 is 31.8 Å². The molecule has 0 radical (unpaired) electrons. The Kier molecular flexibility index (Phi) is 6.62. The van der Waals surface area contributed by atoms with Crippen LogP contribution in [0.15, 0.2) is 24.3 Å². The molecule has 0 aromatic heterocycles. The van der Waals surface area contributed by atoms with E-state index in [-0.39, 0.29) is 0 Å². The molecular weight excluding hydrogens is 330 g/mol. The third kappa shape index (κ3) is 8.40. The van der Waals surface area contributed by atoms with Crippen molar-refractivity contribution in [2.75, 3.05) is 6.54 Å².